The van der Waals surface area contributed by atoms with Crippen molar-refractivity contribution in [2.75, 3.05) is 26.6 Å². The standard InChI is InChI=1S/2C11H13NO.2C9H12.C6H6O/c2*1-2-7-12-8-10-5-3-4-6-11(10)13-9-12;2*1-8(2)9-6-4-3-5-7-9;7-6-4-2-1-3-5-6/h2*2-6H,1,7-9H2;2*3-8H,1-2H3;1-5,7H. The maximum atomic E-state index is 8.63. The van der Waals surface area contributed by atoms with E-state index in [1.54, 1.807) is 24.3 Å². The Morgan fingerprint density at radius 1 is 0.529 bits per heavy atom. The van der Waals surface area contributed by atoms with Gasteiger partial charge in [-0.1, -0.05) is 155 Å². The molecule has 0 amide bonds. The summed E-state index contributed by atoms with van der Waals surface area (Å²) in [6.07, 6.45) is 3.80. The minimum atomic E-state index is 0.322. The van der Waals surface area contributed by atoms with Crippen molar-refractivity contribution in [2.24, 2.45) is 0 Å². The van der Waals surface area contributed by atoms with Crippen LogP contribution in [0, 0.1) is 0 Å². The van der Waals surface area contributed by atoms with Gasteiger partial charge in [-0.25, -0.2) is 0 Å². The van der Waals surface area contributed by atoms with Crippen LogP contribution in [0.2, 0.25) is 0 Å². The van der Waals surface area contributed by atoms with Gasteiger partial charge in [-0.05, 0) is 47.2 Å². The van der Waals surface area contributed by atoms with Gasteiger partial charge in [-0.15, -0.1) is 13.2 Å². The number of benzene rings is 5. The number of para-hydroxylation sites is 3. The lowest BCUT2D eigenvalue weighted by Crippen LogP contribution is -2.31. The molecule has 2 aliphatic rings. The molecule has 1 N–H and O–H groups in total. The number of hydrogen-bond donors (Lipinski definition) is 1. The summed E-state index contributed by atoms with van der Waals surface area (Å²) >= 11 is 0. The van der Waals surface area contributed by atoms with Crippen molar-refractivity contribution in [1.82, 2.24) is 9.80 Å². The predicted octanol–water partition coefficient (Wildman–Crippen LogP) is 11.1. The SMILES string of the molecule is C=CCN1COc2ccccc2C1.C=CCN1COc2ccccc2C1.CC(C)c1ccccc1.CC(C)c1ccccc1.Oc1ccccc1. The molecule has 51 heavy (non-hydrogen) atoms. The van der Waals surface area contributed by atoms with E-state index >= 15 is 0 Å². The Bertz CT molecular complexity index is 1550. The summed E-state index contributed by atoms with van der Waals surface area (Å²) in [5.74, 6) is 3.67. The third kappa shape index (κ3) is 15.5. The third-order valence-electron chi connectivity index (χ3n) is 8.00. The smallest absolute Gasteiger partial charge is 0.142 e. The zero-order valence-electron chi connectivity index (χ0n) is 30.9. The van der Waals surface area contributed by atoms with Crippen LogP contribution in [0.15, 0.2) is 165 Å². The molecule has 0 saturated heterocycles. The maximum Gasteiger partial charge on any atom is 0.142 e. The highest BCUT2D eigenvalue weighted by Gasteiger charge is 2.15. The minimum Gasteiger partial charge on any atom is -0.508 e. The summed E-state index contributed by atoms with van der Waals surface area (Å²) in [6.45, 7) is 21.3. The summed E-state index contributed by atoms with van der Waals surface area (Å²) in [5, 5.41) is 8.63. The fraction of sp³-hybridized carbons (Fsp3) is 0.261. The molecular weight excluding hydrogens is 629 g/mol. The molecule has 5 nitrogen and oxygen atoms in total. The molecule has 0 radical (unpaired) electrons. The normalized spacial score (nSPS) is 12.9. The number of aromatic hydroxyl groups is 1. The van der Waals surface area contributed by atoms with Crippen molar-refractivity contribution < 1.29 is 14.6 Å². The van der Waals surface area contributed by atoms with E-state index in [0.717, 1.165) is 37.7 Å². The minimum absolute atomic E-state index is 0.322. The number of rotatable bonds is 6. The third-order valence-corrected chi connectivity index (χ3v) is 8.00. The van der Waals surface area contributed by atoms with E-state index in [1.165, 1.54) is 22.3 Å². The van der Waals surface area contributed by atoms with Crippen LogP contribution in [-0.4, -0.2) is 41.5 Å². The first-order valence-electron chi connectivity index (χ1n) is 17.7. The predicted molar refractivity (Wildman–Crippen MR) is 214 cm³/mol. The zero-order valence-corrected chi connectivity index (χ0v) is 30.9. The summed E-state index contributed by atoms with van der Waals surface area (Å²) in [7, 11) is 0. The molecule has 0 aromatic heterocycles. The van der Waals surface area contributed by atoms with Gasteiger partial charge in [0, 0.05) is 37.3 Å². The van der Waals surface area contributed by atoms with Gasteiger partial charge in [0.1, 0.15) is 30.7 Å². The molecule has 2 heterocycles. The van der Waals surface area contributed by atoms with Crippen LogP contribution in [0.5, 0.6) is 17.2 Å². The number of hydrogen-bond acceptors (Lipinski definition) is 5. The van der Waals surface area contributed by atoms with Crippen LogP contribution in [0.3, 0.4) is 0 Å². The number of phenolic OH excluding ortho intramolecular Hbond substituents is 1. The van der Waals surface area contributed by atoms with Crippen LogP contribution < -0.4 is 9.47 Å². The Hall–Kier alpha value is -5.10. The highest BCUT2D eigenvalue weighted by molar-refractivity contribution is 5.35. The van der Waals surface area contributed by atoms with Crippen LogP contribution >= 0.6 is 0 Å². The lowest BCUT2D eigenvalue weighted by atomic mass is 10.0. The van der Waals surface area contributed by atoms with E-state index in [1.807, 2.05) is 66.7 Å². The molecule has 5 aromatic rings. The topological polar surface area (TPSA) is 45.2 Å². The summed E-state index contributed by atoms with van der Waals surface area (Å²) in [5.41, 5.74) is 5.35. The average molecular weight is 685 g/mol. The van der Waals surface area contributed by atoms with Gasteiger partial charge in [0.05, 0.1) is 0 Å². The molecule has 5 heteroatoms. The second-order valence-corrected chi connectivity index (χ2v) is 12.8. The summed E-state index contributed by atoms with van der Waals surface area (Å²) in [4.78, 5) is 4.41. The second-order valence-electron chi connectivity index (χ2n) is 12.8. The van der Waals surface area contributed by atoms with Crippen LogP contribution in [0.4, 0.5) is 0 Å². The average Bonchev–Trinajstić information content (AvgIpc) is 3.17. The van der Waals surface area contributed by atoms with Gasteiger partial charge in [-0.3, -0.25) is 9.80 Å². The Morgan fingerprint density at radius 3 is 1.16 bits per heavy atom. The highest BCUT2D eigenvalue weighted by atomic mass is 16.5. The Labute approximate surface area is 307 Å². The summed E-state index contributed by atoms with van der Waals surface area (Å²) < 4.78 is 11.1. The molecule has 0 bridgehead atoms. The zero-order chi connectivity index (χ0) is 36.7. The molecule has 0 fully saturated rings. The molecule has 7 rings (SSSR count). The molecule has 0 unspecified atom stereocenters. The number of phenols is 1. The van der Waals surface area contributed by atoms with Crippen molar-refractivity contribution in [3.05, 3.63) is 187 Å². The molecular formula is C46H56N2O3. The number of fused-ring (bicyclic) bond motifs is 2. The van der Waals surface area contributed by atoms with Crippen molar-refractivity contribution in [1.29, 1.82) is 0 Å². The van der Waals surface area contributed by atoms with Crippen molar-refractivity contribution >= 4 is 0 Å². The number of nitrogens with zero attached hydrogens (tertiary/aromatic N) is 2. The van der Waals surface area contributed by atoms with Crippen LogP contribution in [0.1, 0.15) is 61.8 Å². The van der Waals surface area contributed by atoms with E-state index in [0.29, 0.717) is 31.0 Å². The fourth-order valence-electron chi connectivity index (χ4n) is 5.15. The molecule has 0 spiro atoms. The molecule has 0 saturated carbocycles. The van der Waals surface area contributed by atoms with Crippen molar-refractivity contribution in [2.45, 2.75) is 52.6 Å². The van der Waals surface area contributed by atoms with Gasteiger partial charge in [0.25, 0.3) is 0 Å². The number of ether oxygens (including phenoxy) is 2. The lowest BCUT2D eigenvalue weighted by Gasteiger charge is -2.27. The van der Waals surface area contributed by atoms with E-state index < -0.39 is 0 Å². The van der Waals surface area contributed by atoms with Gasteiger partial charge in [0.2, 0.25) is 0 Å². The molecule has 0 atom stereocenters. The van der Waals surface area contributed by atoms with Crippen LogP contribution in [-0.2, 0) is 13.1 Å². The first-order chi connectivity index (χ1) is 24.8. The van der Waals surface area contributed by atoms with Crippen molar-refractivity contribution in [3.8, 4) is 17.2 Å². The quantitative estimate of drug-likeness (QED) is 0.180. The Balaban J connectivity index is 0.000000175. The van der Waals surface area contributed by atoms with Gasteiger partial charge < -0.3 is 14.6 Å². The van der Waals surface area contributed by atoms with Gasteiger partial charge in [0.15, 0.2) is 0 Å². The molecule has 268 valence electrons. The molecule has 5 aromatic carbocycles. The monoisotopic (exact) mass is 684 g/mol. The van der Waals surface area contributed by atoms with E-state index in [4.69, 9.17) is 14.6 Å². The largest absolute Gasteiger partial charge is 0.508 e. The maximum absolute atomic E-state index is 8.63. The molecule has 0 aliphatic carbocycles. The second kappa shape index (κ2) is 23.3. The van der Waals surface area contributed by atoms with Crippen LogP contribution in [0.25, 0.3) is 0 Å². The fourth-order valence-corrected chi connectivity index (χ4v) is 5.15. The van der Waals surface area contributed by atoms with Gasteiger partial charge in [-0.2, -0.15) is 0 Å². The van der Waals surface area contributed by atoms with E-state index in [9.17, 15) is 0 Å². The van der Waals surface area contributed by atoms with E-state index in [-0.39, 0.29) is 0 Å². The highest BCUT2D eigenvalue weighted by Crippen LogP contribution is 2.24. The Kier molecular flexibility index (Phi) is 18.5. The van der Waals surface area contributed by atoms with Crippen molar-refractivity contribution in [3.63, 3.8) is 0 Å². The first kappa shape index (κ1) is 40.3. The Morgan fingerprint density at radius 2 is 0.863 bits per heavy atom. The van der Waals surface area contributed by atoms with E-state index in [2.05, 4.69) is 111 Å². The summed E-state index contributed by atoms with van der Waals surface area (Å²) in [6, 6.07) is 46.1. The van der Waals surface area contributed by atoms with Gasteiger partial charge >= 0.3 is 0 Å². The first-order valence-corrected chi connectivity index (χ1v) is 17.7. The lowest BCUT2D eigenvalue weighted by molar-refractivity contribution is 0.107. The molecule has 2 aliphatic heterocycles.